The minimum atomic E-state index is -0.297. The number of nitrogens with one attached hydrogen (secondary N) is 1. The number of hydrogen-bond donors (Lipinski definition) is 2. The van der Waals surface area contributed by atoms with Crippen molar-refractivity contribution in [2.45, 2.75) is 13.3 Å². The molecule has 5 aromatic heterocycles. The fourth-order valence-corrected chi connectivity index (χ4v) is 4.23. The lowest BCUT2D eigenvalue weighted by Crippen LogP contribution is -2.21. The van der Waals surface area contributed by atoms with E-state index in [1.54, 1.807) is 29.2 Å². The summed E-state index contributed by atoms with van der Waals surface area (Å²) in [6.45, 7) is 2.13. The van der Waals surface area contributed by atoms with Gasteiger partial charge < -0.3 is 11.1 Å². The molecule has 1 amide bonds. The summed E-state index contributed by atoms with van der Waals surface area (Å²) >= 11 is 0. The van der Waals surface area contributed by atoms with E-state index in [9.17, 15) is 4.79 Å². The van der Waals surface area contributed by atoms with Gasteiger partial charge in [-0.25, -0.2) is 14.5 Å². The second-order valence-corrected chi connectivity index (χ2v) is 8.60. The van der Waals surface area contributed by atoms with Crippen molar-refractivity contribution < 1.29 is 4.79 Å². The summed E-state index contributed by atoms with van der Waals surface area (Å²) in [7, 11) is 3.42. The predicted molar refractivity (Wildman–Crippen MR) is 150 cm³/mol. The van der Waals surface area contributed by atoms with Gasteiger partial charge in [0.1, 0.15) is 5.65 Å². The van der Waals surface area contributed by atoms with Crippen LogP contribution in [0.1, 0.15) is 34.4 Å². The zero-order valence-electron chi connectivity index (χ0n) is 21.8. The number of amides is 1. The first-order chi connectivity index (χ1) is 19.0. The Labute approximate surface area is 225 Å². The number of nitrogen functional groups attached to an aromatic ring is 1. The Bertz CT molecular complexity index is 1830. The lowest BCUT2D eigenvalue weighted by molar-refractivity contribution is 0.0957. The molecule has 0 saturated carbocycles. The van der Waals surface area contributed by atoms with Gasteiger partial charge in [0.15, 0.2) is 17.2 Å². The number of imidazole rings is 2. The average molecular weight is 518 g/mol. The van der Waals surface area contributed by atoms with Gasteiger partial charge in [-0.15, -0.1) is 0 Å². The first kappa shape index (κ1) is 25.2. The Morgan fingerprint density at radius 1 is 0.974 bits per heavy atom. The van der Waals surface area contributed by atoms with E-state index in [0.29, 0.717) is 5.65 Å². The number of nitrogens with zero attached hydrogens (tertiary/aromatic N) is 7. The molecule has 1 aromatic carbocycles. The molecular weight excluding hydrogens is 490 g/mol. The second-order valence-electron chi connectivity index (χ2n) is 8.60. The molecule has 10 heteroatoms. The predicted octanol–water partition coefficient (Wildman–Crippen LogP) is 3.37. The SMILES string of the molecule is CCc1nc2cccc(C#Cc3cnn(C)c3)n2c1-c1ccccc1.CNC(=O)c1c(N)nc2cccnn12. The van der Waals surface area contributed by atoms with E-state index < -0.39 is 0 Å². The van der Waals surface area contributed by atoms with Crippen molar-refractivity contribution in [1.29, 1.82) is 0 Å². The Hall–Kier alpha value is -5.43. The summed E-state index contributed by atoms with van der Waals surface area (Å²) in [5, 5.41) is 10.6. The van der Waals surface area contributed by atoms with Crippen molar-refractivity contribution in [3.63, 3.8) is 0 Å². The van der Waals surface area contributed by atoms with Crippen molar-refractivity contribution in [3.8, 4) is 23.1 Å². The van der Waals surface area contributed by atoms with Crippen LogP contribution in [-0.2, 0) is 13.5 Å². The number of aromatic nitrogens is 7. The molecule has 0 aliphatic carbocycles. The zero-order valence-corrected chi connectivity index (χ0v) is 21.8. The molecule has 0 unspecified atom stereocenters. The maximum Gasteiger partial charge on any atom is 0.273 e. The Morgan fingerprint density at radius 2 is 1.77 bits per heavy atom. The van der Waals surface area contributed by atoms with Crippen LogP contribution in [0.15, 0.2) is 79.3 Å². The molecule has 0 bridgehead atoms. The van der Waals surface area contributed by atoms with Crippen LogP contribution in [0.2, 0.25) is 0 Å². The molecule has 3 N–H and O–H groups in total. The Morgan fingerprint density at radius 3 is 2.49 bits per heavy atom. The summed E-state index contributed by atoms with van der Waals surface area (Å²) in [5.41, 5.74) is 12.5. The van der Waals surface area contributed by atoms with Crippen molar-refractivity contribution in [1.82, 2.24) is 39.1 Å². The third-order valence-corrected chi connectivity index (χ3v) is 6.00. The summed E-state index contributed by atoms with van der Waals surface area (Å²) in [5.74, 6) is 6.37. The van der Waals surface area contributed by atoms with Crippen LogP contribution in [0.5, 0.6) is 0 Å². The highest BCUT2D eigenvalue weighted by Gasteiger charge is 2.16. The number of pyridine rings is 1. The topological polar surface area (TPSA) is 120 Å². The molecule has 0 radical (unpaired) electrons. The largest absolute Gasteiger partial charge is 0.382 e. The van der Waals surface area contributed by atoms with Crippen LogP contribution in [-0.4, -0.2) is 46.7 Å². The molecule has 0 spiro atoms. The van der Waals surface area contributed by atoms with Crippen LogP contribution in [0.3, 0.4) is 0 Å². The smallest absolute Gasteiger partial charge is 0.273 e. The number of fused-ring (bicyclic) bond motifs is 2. The van der Waals surface area contributed by atoms with Crippen molar-refractivity contribution >= 4 is 23.0 Å². The minimum absolute atomic E-state index is 0.183. The van der Waals surface area contributed by atoms with Crippen LogP contribution >= 0.6 is 0 Å². The third-order valence-electron chi connectivity index (χ3n) is 6.00. The highest BCUT2D eigenvalue weighted by molar-refractivity contribution is 5.97. The summed E-state index contributed by atoms with van der Waals surface area (Å²) < 4.78 is 5.32. The number of aryl methyl sites for hydroxylation is 2. The molecule has 0 aliphatic heterocycles. The van der Waals surface area contributed by atoms with Crippen molar-refractivity contribution in [2.75, 3.05) is 12.8 Å². The van der Waals surface area contributed by atoms with E-state index in [1.807, 2.05) is 37.5 Å². The number of rotatable bonds is 3. The number of anilines is 1. The Balaban J connectivity index is 0.000000186. The van der Waals surface area contributed by atoms with E-state index in [4.69, 9.17) is 10.7 Å². The molecule has 0 saturated heterocycles. The van der Waals surface area contributed by atoms with Crippen LogP contribution in [0, 0.1) is 11.8 Å². The normalized spacial score (nSPS) is 10.5. The third kappa shape index (κ3) is 5.06. The van der Waals surface area contributed by atoms with Crippen LogP contribution < -0.4 is 11.1 Å². The molecule has 5 heterocycles. The highest BCUT2D eigenvalue weighted by Crippen LogP contribution is 2.27. The molecule has 0 atom stereocenters. The number of carbonyl (C=O) groups excluding carboxylic acids is 1. The van der Waals surface area contributed by atoms with Gasteiger partial charge in [-0.2, -0.15) is 10.2 Å². The molecule has 194 valence electrons. The maximum atomic E-state index is 11.4. The number of hydrogen-bond acceptors (Lipinski definition) is 6. The fourth-order valence-electron chi connectivity index (χ4n) is 4.23. The van der Waals surface area contributed by atoms with Gasteiger partial charge in [-0.05, 0) is 36.6 Å². The molecule has 6 aromatic rings. The molecule has 6 rings (SSSR count). The van der Waals surface area contributed by atoms with Crippen molar-refractivity contribution in [2.24, 2.45) is 7.05 Å². The Kier molecular flexibility index (Phi) is 7.05. The number of benzene rings is 1. The standard InChI is InChI=1S/C21H18N4.C8H9N5O/c1-3-19-21(17-8-5-4-6-9-17)25-18(10-7-11-20(25)23-19)13-12-16-14-22-24(2)15-16;1-10-8(14)6-7(9)12-5-3-2-4-11-13(5)6/h4-11,14-15H,3H2,1-2H3;2-4H,9H2,1H3,(H,10,14). The van der Waals surface area contributed by atoms with Crippen molar-refractivity contribution in [3.05, 3.63) is 102 Å². The quantitative estimate of drug-likeness (QED) is 0.347. The van der Waals surface area contributed by atoms with Crippen LogP contribution in [0.4, 0.5) is 5.82 Å². The number of carbonyl (C=O) groups is 1. The minimum Gasteiger partial charge on any atom is -0.382 e. The van der Waals surface area contributed by atoms with E-state index >= 15 is 0 Å². The first-order valence-electron chi connectivity index (χ1n) is 12.4. The van der Waals surface area contributed by atoms with Gasteiger partial charge in [0.2, 0.25) is 0 Å². The van der Waals surface area contributed by atoms with Crippen LogP contribution in [0.25, 0.3) is 22.6 Å². The van der Waals surface area contributed by atoms with Gasteiger partial charge >= 0.3 is 0 Å². The van der Waals surface area contributed by atoms with E-state index in [-0.39, 0.29) is 17.4 Å². The molecular formula is C29H27N9O. The van der Waals surface area contributed by atoms with E-state index in [1.165, 1.54) is 11.6 Å². The van der Waals surface area contributed by atoms with Gasteiger partial charge in [0, 0.05) is 32.1 Å². The van der Waals surface area contributed by atoms with E-state index in [0.717, 1.165) is 40.3 Å². The lowest BCUT2D eigenvalue weighted by Gasteiger charge is -2.06. The molecule has 10 nitrogen and oxygen atoms in total. The lowest BCUT2D eigenvalue weighted by atomic mass is 10.1. The summed E-state index contributed by atoms with van der Waals surface area (Å²) in [6.07, 6.45) is 6.13. The number of nitrogens with two attached hydrogens (primary N) is 1. The second kappa shape index (κ2) is 10.9. The molecule has 0 fully saturated rings. The van der Waals surface area contributed by atoms with Gasteiger partial charge in [0.25, 0.3) is 5.91 Å². The monoisotopic (exact) mass is 517 g/mol. The van der Waals surface area contributed by atoms with E-state index in [2.05, 4.69) is 67.9 Å². The summed E-state index contributed by atoms with van der Waals surface area (Å²) in [6, 6.07) is 19.9. The van der Waals surface area contributed by atoms with Gasteiger partial charge in [-0.3, -0.25) is 13.9 Å². The van der Waals surface area contributed by atoms with Gasteiger partial charge in [-0.1, -0.05) is 49.2 Å². The first-order valence-corrected chi connectivity index (χ1v) is 12.4. The summed E-state index contributed by atoms with van der Waals surface area (Å²) in [4.78, 5) is 20.2. The molecule has 39 heavy (non-hydrogen) atoms. The maximum absolute atomic E-state index is 11.4. The fraction of sp³-hybridized carbons (Fsp3) is 0.138. The average Bonchev–Trinajstić information content (AvgIpc) is 3.66. The zero-order chi connectivity index (χ0) is 27.4. The highest BCUT2D eigenvalue weighted by atomic mass is 16.1. The van der Waals surface area contributed by atoms with Gasteiger partial charge in [0.05, 0.1) is 28.8 Å². The molecule has 0 aliphatic rings.